The van der Waals surface area contributed by atoms with Crippen LogP contribution in [0.2, 0.25) is 0 Å². The molecule has 0 bridgehead atoms. The first-order valence-electron chi connectivity index (χ1n) is 5.28. The van der Waals surface area contributed by atoms with E-state index < -0.39 is 12.1 Å². The number of alkyl halides is 3. The lowest BCUT2D eigenvalue weighted by Gasteiger charge is -1.93. The minimum Gasteiger partial charge on any atom is -0.475 e. The third kappa shape index (κ3) is 4.46. The van der Waals surface area contributed by atoms with Gasteiger partial charge < -0.3 is 15.3 Å². The molecule has 1 aliphatic heterocycles. The summed E-state index contributed by atoms with van der Waals surface area (Å²) >= 11 is 0. The quantitative estimate of drug-likeness (QED) is 0.841. The number of allylic oxidation sites excluding steroid dienone is 1. The van der Waals surface area contributed by atoms with Gasteiger partial charge in [0.1, 0.15) is 0 Å². The molecule has 2 heterocycles. The predicted octanol–water partition coefficient (Wildman–Crippen LogP) is 1.02. The maximum absolute atomic E-state index is 10.6. The number of nitrogens with zero attached hydrogens (tertiary/aromatic N) is 3. The lowest BCUT2D eigenvalue weighted by atomic mass is 10.2. The first kappa shape index (κ1) is 15.8. The molecule has 0 radical (unpaired) electrons. The Kier molecular flexibility index (Phi) is 4.97. The number of aromatic nitrogens is 2. The van der Waals surface area contributed by atoms with Gasteiger partial charge in [-0.15, -0.1) is 10.2 Å². The fourth-order valence-corrected chi connectivity index (χ4v) is 1.15. The maximum Gasteiger partial charge on any atom is 0.490 e. The molecule has 0 aromatic carbocycles. The maximum atomic E-state index is 10.6. The Morgan fingerprint density at radius 2 is 2.10 bits per heavy atom. The zero-order valence-electron chi connectivity index (χ0n) is 10.3. The van der Waals surface area contributed by atoms with Crippen LogP contribution >= 0.6 is 0 Å². The molecule has 0 aliphatic carbocycles. The molecule has 1 aliphatic rings. The molecule has 0 saturated heterocycles. The second-order valence-corrected chi connectivity index (χ2v) is 3.64. The molecule has 7 nitrogen and oxygen atoms in total. The molecule has 0 spiro atoms. The third-order valence-electron chi connectivity index (χ3n) is 2.04. The van der Waals surface area contributed by atoms with Gasteiger partial charge in [0.2, 0.25) is 11.8 Å². The van der Waals surface area contributed by atoms with Gasteiger partial charge in [-0.2, -0.15) is 13.2 Å². The Labute approximate surface area is 111 Å². The van der Waals surface area contributed by atoms with E-state index in [1.807, 2.05) is 13.0 Å². The molecular formula is C10H11F3N4O3. The van der Waals surface area contributed by atoms with Crippen LogP contribution in [0.25, 0.3) is 5.57 Å². The molecule has 1 aromatic rings. The van der Waals surface area contributed by atoms with Crippen LogP contribution in [0.1, 0.15) is 18.7 Å². The number of nitrogens with two attached hydrogens (primary N) is 1. The van der Waals surface area contributed by atoms with Crippen molar-refractivity contribution in [2.45, 2.75) is 19.6 Å². The van der Waals surface area contributed by atoms with Gasteiger partial charge in [-0.25, -0.2) is 4.79 Å². The van der Waals surface area contributed by atoms with E-state index >= 15 is 0 Å². The van der Waals surface area contributed by atoms with Gasteiger partial charge in [0.25, 0.3) is 0 Å². The van der Waals surface area contributed by atoms with E-state index in [0.717, 1.165) is 11.3 Å². The number of carboxylic acid groups (broad SMARTS) is 1. The number of aliphatic carboxylic acids is 1. The molecule has 0 unspecified atom stereocenters. The van der Waals surface area contributed by atoms with Gasteiger partial charge in [-0.1, -0.05) is 0 Å². The van der Waals surface area contributed by atoms with Crippen molar-refractivity contribution in [3.8, 4) is 0 Å². The summed E-state index contributed by atoms with van der Waals surface area (Å²) in [6, 6.07) is 0. The summed E-state index contributed by atoms with van der Waals surface area (Å²) in [5.74, 6) is -1.77. The SMILES string of the molecule is CC1=NCC(c2nnc(CN)o2)=C1.O=C(O)C(F)(F)F. The highest BCUT2D eigenvalue weighted by Gasteiger charge is 2.38. The first-order chi connectivity index (χ1) is 9.24. The van der Waals surface area contributed by atoms with E-state index in [1.165, 1.54) is 0 Å². The van der Waals surface area contributed by atoms with Crippen LogP contribution < -0.4 is 5.73 Å². The second kappa shape index (κ2) is 6.28. The van der Waals surface area contributed by atoms with E-state index in [1.54, 1.807) is 0 Å². The van der Waals surface area contributed by atoms with E-state index in [4.69, 9.17) is 20.1 Å². The molecular weight excluding hydrogens is 281 g/mol. The summed E-state index contributed by atoms with van der Waals surface area (Å²) in [6.07, 6.45) is -3.15. The molecule has 3 N–H and O–H groups in total. The lowest BCUT2D eigenvalue weighted by Crippen LogP contribution is -2.21. The molecule has 110 valence electrons. The fourth-order valence-electron chi connectivity index (χ4n) is 1.15. The molecule has 1 aromatic heterocycles. The Balaban J connectivity index is 0.000000246. The first-order valence-corrected chi connectivity index (χ1v) is 5.28. The summed E-state index contributed by atoms with van der Waals surface area (Å²) in [6.45, 7) is 2.84. The number of hydrogen-bond donors (Lipinski definition) is 2. The van der Waals surface area contributed by atoms with Crippen molar-refractivity contribution in [3.63, 3.8) is 0 Å². The van der Waals surface area contributed by atoms with Crippen molar-refractivity contribution in [2.75, 3.05) is 6.54 Å². The number of carbonyl (C=O) groups is 1. The monoisotopic (exact) mass is 292 g/mol. The Bertz CT molecular complexity index is 548. The number of halogens is 3. The van der Waals surface area contributed by atoms with Crippen LogP contribution in [-0.4, -0.2) is 39.7 Å². The van der Waals surface area contributed by atoms with Crippen LogP contribution in [0, 0.1) is 0 Å². The Hall–Kier alpha value is -2.23. The van der Waals surface area contributed by atoms with Crippen LogP contribution in [0.4, 0.5) is 13.2 Å². The number of carboxylic acids is 1. The van der Waals surface area contributed by atoms with E-state index in [9.17, 15) is 13.2 Å². The minimum atomic E-state index is -5.08. The van der Waals surface area contributed by atoms with E-state index in [-0.39, 0.29) is 6.54 Å². The Morgan fingerprint density at radius 1 is 1.50 bits per heavy atom. The lowest BCUT2D eigenvalue weighted by molar-refractivity contribution is -0.192. The van der Waals surface area contributed by atoms with Gasteiger partial charge >= 0.3 is 12.1 Å². The summed E-state index contributed by atoms with van der Waals surface area (Å²) in [5, 5.41) is 14.8. The van der Waals surface area contributed by atoms with Crippen molar-refractivity contribution in [2.24, 2.45) is 10.7 Å². The molecule has 0 atom stereocenters. The standard InChI is InChI=1S/C8H10N4O.C2HF3O2/c1-5-2-6(4-10-5)8-12-11-7(3-9)13-8;3-2(4,5)1(6)7/h2H,3-4,9H2,1H3;(H,6,7). The van der Waals surface area contributed by atoms with Crippen LogP contribution in [0.5, 0.6) is 0 Å². The molecule has 10 heteroatoms. The van der Waals surface area contributed by atoms with Gasteiger partial charge in [-0.05, 0) is 13.0 Å². The second-order valence-electron chi connectivity index (χ2n) is 3.64. The predicted molar refractivity (Wildman–Crippen MR) is 61.8 cm³/mol. The van der Waals surface area contributed by atoms with Crippen molar-refractivity contribution >= 4 is 17.3 Å². The topological polar surface area (TPSA) is 115 Å². The van der Waals surface area contributed by atoms with Crippen molar-refractivity contribution in [1.29, 1.82) is 0 Å². The molecule has 0 saturated carbocycles. The largest absolute Gasteiger partial charge is 0.490 e. The number of aliphatic imine (C=N–C) groups is 1. The van der Waals surface area contributed by atoms with Gasteiger partial charge in [-0.3, -0.25) is 4.99 Å². The summed E-state index contributed by atoms with van der Waals surface area (Å²) in [5.41, 5.74) is 7.30. The summed E-state index contributed by atoms with van der Waals surface area (Å²) in [7, 11) is 0. The Morgan fingerprint density at radius 3 is 2.45 bits per heavy atom. The van der Waals surface area contributed by atoms with Crippen molar-refractivity contribution < 1.29 is 27.5 Å². The van der Waals surface area contributed by atoms with E-state index in [2.05, 4.69) is 15.2 Å². The van der Waals surface area contributed by atoms with E-state index in [0.29, 0.717) is 18.3 Å². The third-order valence-corrected chi connectivity index (χ3v) is 2.04. The van der Waals surface area contributed by atoms with Gasteiger partial charge in [0.15, 0.2) is 0 Å². The highest BCUT2D eigenvalue weighted by molar-refractivity contribution is 6.02. The normalized spacial score (nSPS) is 14.2. The van der Waals surface area contributed by atoms with Crippen molar-refractivity contribution in [1.82, 2.24) is 10.2 Å². The highest BCUT2D eigenvalue weighted by Crippen LogP contribution is 2.17. The zero-order valence-corrected chi connectivity index (χ0v) is 10.3. The summed E-state index contributed by atoms with van der Waals surface area (Å²) < 4.78 is 37.0. The van der Waals surface area contributed by atoms with Crippen LogP contribution in [-0.2, 0) is 11.3 Å². The fraction of sp³-hybridized carbons (Fsp3) is 0.400. The average molecular weight is 292 g/mol. The van der Waals surface area contributed by atoms with Crippen LogP contribution in [0.15, 0.2) is 15.5 Å². The van der Waals surface area contributed by atoms with Gasteiger partial charge in [0.05, 0.1) is 13.1 Å². The molecule has 0 amide bonds. The summed E-state index contributed by atoms with van der Waals surface area (Å²) in [4.78, 5) is 13.1. The van der Waals surface area contributed by atoms with Crippen LogP contribution in [0.3, 0.4) is 0 Å². The highest BCUT2D eigenvalue weighted by atomic mass is 19.4. The minimum absolute atomic E-state index is 0.278. The number of hydrogen-bond acceptors (Lipinski definition) is 6. The van der Waals surface area contributed by atoms with Crippen molar-refractivity contribution in [3.05, 3.63) is 17.9 Å². The zero-order chi connectivity index (χ0) is 15.3. The molecule has 2 rings (SSSR count). The molecule has 0 fully saturated rings. The molecule has 20 heavy (non-hydrogen) atoms. The number of rotatable bonds is 2. The average Bonchev–Trinajstić information content (AvgIpc) is 2.96. The van der Waals surface area contributed by atoms with Gasteiger partial charge in [0, 0.05) is 11.3 Å². The smallest absolute Gasteiger partial charge is 0.475 e.